The topological polar surface area (TPSA) is 54.0 Å². The van der Waals surface area contributed by atoms with Gasteiger partial charge >= 0.3 is 0 Å². The number of rotatable bonds is 2. The van der Waals surface area contributed by atoms with Crippen molar-refractivity contribution in [2.75, 3.05) is 10.6 Å². The fourth-order valence-corrected chi connectivity index (χ4v) is 2.58. The molecule has 1 aromatic carbocycles. The van der Waals surface area contributed by atoms with Gasteiger partial charge in [0.2, 0.25) is 0 Å². The summed E-state index contributed by atoms with van der Waals surface area (Å²) in [5.74, 6) is 0.442. The van der Waals surface area contributed by atoms with E-state index in [0.717, 1.165) is 19.3 Å². The van der Waals surface area contributed by atoms with Crippen LogP contribution in [0.1, 0.15) is 5.56 Å². The number of hydrogen-bond donors (Lipinski definition) is 2. The highest BCUT2D eigenvalue weighted by molar-refractivity contribution is 14.1. The second-order valence-corrected chi connectivity index (χ2v) is 6.37. The van der Waals surface area contributed by atoms with Crippen LogP contribution in [0.5, 0.6) is 0 Å². The summed E-state index contributed by atoms with van der Waals surface area (Å²) < 4.78 is 2.01. The molecule has 0 saturated heterocycles. The summed E-state index contributed by atoms with van der Waals surface area (Å²) in [6.07, 6.45) is 3.37. The Bertz CT molecular complexity index is 713. The summed E-state index contributed by atoms with van der Waals surface area (Å²) in [4.78, 5) is 16.1. The van der Waals surface area contributed by atoms with Gasteiger partial charge in [-0.1, -0.05) is 0 Å². The first-order valence-corrected chi connectivity index (χ1v) is 7.70. The molecule has 0 unspecified atom stereocenters. The summed E-state index contributed by atoms with van der Waals surface area (Å²) in [6, 6.07) is 9.81. The van der Waals surface area contributed by atoms with E-state index in [0.29, 0.717) is 11.4 Å². The Morgan fingerprint density at radius 1 is 1.30 bits per heavy atom. The molecule has 2 heterocycles. The average molecular weight is 442 g/mol. The Kier molecular flexibility index (Phi) is 3.75. The number of fused-ring (bicyclic) bond motifs is 1. The Labute approximate surface area is 137 Å². The van der Waals surface area contributed by atoms with E-state index in [1.165, 1.54) is 0 Å². The molecule has 3 rings (SSSR count). The lowest BCUT2D eigenvalue weighted by atomic mass is 10.1. The SMILES string of the molecule is O=C1Nc2ncc(Br)cc2C1=CNc1ccc(I)cc1. The molecule has 1 aliphatic rings. The molecule has 0 aliphatic carbocycles. The van der Waals surface area contributed by atoms with Crippen molar-refractivity contribution in [3.8, 4) is 0 Å². The fourth-order valence-electron chi connectivity index (χ4n) is 1.89. The lowest BCUT2D eigenvalue weighted by Crippen LogP contribution is -2.05. The van der Waals surface area contributed by atoms with Crippen LogP contribution in [0.15, 0.2) is 47.2 Å². The van der Waals surface area contributed by atoms with E-state index in [1.54, 1.807) is 12.4 Å². The van der Waals surface area contributed by atoms with Gasteiger partial charge in [0.15, 0.2) is 0 Å². The van der Waals surface area contributed by atoms with Gasteiger partial charge in [0.05, 0.1) is 5.57 Å². The molecule has 0 fully saturated rings. The van der Waals surface area contributed by atoms with E-state index in [1.807, 2.05) is 30.3 Å². The highest BCUT2D eigenvalue weighted by Gasteiger charge is 2.25. The highest BCUT2D eigenvalue weighted by Crippen LogP contribution is 2.31. The molecule has 1 amide bonds. The quantitative estimate of drug-likeness (QED) is 0.549. The van der Waals surface area contributed by atoms with Gasteiger partial charge in [0.1, 0.15) is 5.82 Å². The van der Waals surface area contributed by atoms with Gasteiger partial charge in [-0.25, -0.2) is 4.98 Å². The number of nitrogens with one attached hydrogen (secondary N) is 2. The van der Waals surface area contributed by atoms with Crippen LogP contribution in [-0.4, -0.2) is 10.9 Å². The minimum absolute atomic E-state index is 0.149. The predicted octanol–water partition coefficient (Wildman–Crippen LogP) is 3.85. The van der Waals surface area contributed by atoms with E-state index in [4.69, 9.17) is 0 Å². The number of aromatic nitrogens is 1. The van der Waals surface area contributed by atoms with E-state index in [-0.39, 0.29) is 5.91 Å². The van der Waals surface area contributed by atoms with Gasteiger partial charge in [-0.15, -0.1) is 0 Å². The van der Waals surface area contributed by atoms with Crippen LogP contribution in [0.25, 0.3) is 5.57 Å². The molecule has 1 aromatic heterocycles. The zero-order valence-electron chi connectivity index (χ0n) is 10.2. The van der Waals surface area contributed by atoms with Crippen LogP contribution in [0.4, 0.5) is 11.5 Å². The maximum Gasteiger partial charge on any atom is 0.259 e. The maximum absolute atomic E-state index is 11.9. The normalized spacial score (nSPS) is 15.1. The predicted molar refractivity (Wildman–Crippen MR) is 91.3 cm³/mol. The van der Waals surface area contributed by atoms with Crippen molar-refractivity contribution in [1.82, 2.24) is 4.98 Å². The van der Waals surface area contributed by atoms with Crippen LogP contribution < -0.4 is 10.6 Å². The maximum atomic E-state index is 11.9. The van der Waals surface area contributed by atoms with Gasteiger partial charge < -0.3 is 10.6 Å². The van der Waals surface area contributed by atoms with Crippen molar-refractivity contribution < 1.29 is 4.79 Å². The first kappa shape index (κ1) is 13.6. The fraction of sp³-hybridized carbons (Fsp3) is 0. The first-order valence-electron chi connectivity index (χ1n) is 5.83. The lowest BCUT2D eigenvalue weighted by molar-refractivity contribution is -0.110. The zero-order chi connectivity index (χ0) is 14.1. The van der Waals surface area contributed by atoms with Crippen molar-refractivity contribution in [3.63, 3.8) is 0 Å². The molecular weight excluding hydrogens is 433 g/mol. The minimum atomic E-state index is -0.149. The molecular formula is C14H9BrIN3O. The van der Waals surface area contributed by atoms with Crippen LogP contribution in [0.3, 0.4) is 0 Å². The molecule has 100 valence electrons. The van der Waals surface area contributed by atoms with Gasteiger partial charge in [-0.3, -0.25) is 4.79 Å². The van der Waals surface area contributed by atoms with Crippen LogP contribution in [0, 0.1) is 3.57 Å². The van der Waals surface area contributed by atoms with Gasteiger partial charge in [0, 0.05) is 31.7 Å². The van der Waals surface area contributed by atoms with Gasteiger partial charge in [0.25, 0.3) is 5.91 Å². The van der Waals surface area contributed by atoms with Crippen LogP contribution in [-0.2, 0) is 4.79 Å². The molecule has 0 bridgehead atoms. The number of pyridine rings is 1. The van der Waals surface area contributed by atoms with E-state index in [2.05, 4.69) is 54.1 Å². The van der Waals surface area contributed by atoms with Crippen LogP contribution in [0.2, 0.25) is 0 Å². The molecule has 0 saturated carbocycles. The number of amides is 1. The second kappa shape index (κ2) is 5.53. The average Bonchev–Trinajstić information content (AvgIpc) is 2.73. The molecule has 0 spiro atoms. The van der Waals surface area contributed by atoms with Crippen molar-refractivity contribution >= 4 is 61.5 Å². The van der Waals surface area contributed by atoms with Crippen molar-refractivity contribution in [1.29, 1.82) is 0 Å². The van der Waals surface area contributed by atoms with Crippen molar-refractivity contribution in [3.05, 3.63) is 56.3 Å². The van der Waals surface area contributed by atoms with Crippen molar-refractivity contribution in [2.24, 2.45) is 0 Å². The minimum Gasteiger partial charge on any atom is -0.361 e. The molecule has 1 aliphatic heterocycles. The molecule has 0 radical (unpaired) electrons. The van der Waals surface area contributed by atoms with Crippen LogP contribution >= 0.6 is 38.5 Å². The number of halogens is 2. The molecule has 0 atom stereocenters. The third-order valence-corrected chi connectivity index (χ3v) is 4.00. The Morgan fingerprint density at radius 2 is 2.05 bits per heavy atom. The smallest absolute Gasteiger partial charge is 0.259 e. The summed E-state index contributed by atoms with van der Waals surface area (Å²) in [5.41, 5.74) is 2.30. The molecule has 20 heavy (non-hydrogen) atoms. The third-order valence-electron chi connectivity index (χ3n) is 2.85. The Balaban J connectivity index is 1.90. The van der Waals surface area contributed by atoms with E-state index in [9.17, 15) is 4.79 Å². The monoisotopic (exact) mass is 441 g/mol. The van der Waals surface area contributed by atoms with Gasteiger partial charge in [-0.2, -0.15) is 0 Å². The van der Waals surface area contributed by atoms with Crippen molar-refractivity contribution in [2.45, 2.75) is 0 Å². The molecule has 2 N–H and O–H groups in total. The summed E-state index contributed by atoms with van der Waals surface area (Å²) in [7, 11) is 0. The largest absolute Gasteiger partial charge is 0.361 e. The molecule has 6 heteroatoms. The van der Waals surface area contributed by atoms with E-state index >= 15 is 0 Å². The lowest BCUT2D eigenvalue weighted by Gasteiger charge is -2.02. The number of benzene rings is 1. The third kappa shape index (κ3) is 2.71. The Hall–Kier alpha value is -1.41. The number of anilines is 2. The first-order chi connectivity index (χ1) is 9.63. The summed E-state index contributed by atoms with van der Waals surface area (Å²) in [6.45, 7) is 0. The highest BCUT2D eigenvalue weighted by atomic mass is 127. The Morgan fingerprint density at radius 3 is 2.80 bits per heavy atom. The number of nitrogens with zero attached hydrogens (tertiary/aromatic N) is 1. The second-order valence-electron chi connectivity index (χ2n) is 4.21. The van der Waals surface area contributed by atoms with E-state index < -0.39 is 0 Å². The molecule has 4 nitrogen and oxygen atoms in total. The van der Waals surface area contributed by atoms with Gasteiger partial charge in [-0.05, 0) is 68.9 Å². The summed E-state index contributed by atoms with van der Waals surface area (Å²) >= 11 is 5.62. The number of hydrogen-bond acceptors (Lipinski definition) is 3. The number of carbonyl (C=O) groups is 1. The standard InChI is InChI=1S/C14H9BrIN3O/c15-8-5-11-12(14(20)19-13(11)18-6-8)7-17-10-3-1-9(16)2-4-10/h1-7,17H,(H,18,19,20). The number of carbonyl (C=O) groups excluding carboxylic acids is 1. The molecule has 2 aromatic rings. The summed E-state index contributed by atoms with van der Waals surface area (Å²) in [5, 5.41) is 5.87. The zero-order valence-corrected chi connectivity index (χ0v) is 13.9.